The Hall–Kier alpha value is -0.0800. The number of rotatable bonds is 6. The lowest BCUT2D eigenvalue weighted by Crippen LogP contribution is -2.44. The third-order valence-corrected chi connectivity index (χ3v) is 3.75. The summed E-state index contributed by atoms with van der Waals surface area (Å²) in [5.41, 5.74) is 0. The zero-order chi connectivity index (χ0) is 12.0. The summed E-state index contributed by atoms with van der Waals surface area (Å²) in [5.74, 6) is 1.65. The van der Waals surface area contributed by atoms with Gasteiger partial charge in [0.1, 0.15) is 0 Å². The highest BCUT2D eigenvalue weighted by Crippen LogP contribution is 2.18. The molecule has 0 aromatic heterocycles. The van der Waals surface area contributed by atoms with E-state index >= 15 is 0 Å². The van der Waals surface area contributed by atoms with Crippen LogP contribution in [0, 0.1) is 11.8 Å². The van der Waals surface area contributed by atoms with Crippen molar-refractivity contribution in [3.63, 3.8) is 0 Å². The largest absolute Gasteiger partial charge is 0.316 e. The SMILES string of the molecule is CCC(C)N1CCCC(CNCC(C)C)C1. The molecule has 0 bridgehead atoms. The third-order valence-electron chi connectivity index (χ3n) is 3.75. The standard InChI is InChI=1S/C14H30N2/c1-5-13(4)16-8-6-7-14(11-16)10-15-9-12(2)3/h12-15H,5-11H2,1-4H3. The Morgan fingerprint density at radius 2 is 2.06 bits per heavy atom. The smallest absolute Gasteiger partial charge is 0.00644 e. The van der Waals surface area contributed by atoms with Crippen molar-refractivity contribution >= 4 is 0 Å². The van der Waals surface area contributed by atoms with Gasteiger partial charge in [0.2, 0.25) is 0 Å². The predicted octanol–water partition coefficient (Wildman–Crippen LogP) is 2.74. The third kappa shape index (κ3) is 4.84. The molecule has 1 N–H and O–H groups in total. The van der Waals surface area contributed by atoms with Crippen LogP contribution in [-0.2, 0) is 0 Å². The fraction of sp³-hybridized carbons (Fsp3) is 1.00. The van der Waals surface area contributed by atoms with Gasteiger partial charge in [-0.05, 0) is 57.7 Å². The molecule has 0 aliphatic carbocycles. The van der Waals surface area contributed by atoms with Crippen LogP contribution < -0.4 is 5.32 Å². The molecule has 2 unspecified atom stereocenters. The summed E-state index contributed by atoms with van der Waals surface area (Å²) in [7, 11) is 0. The van der Waals surface area contributed by atoms with Crippen molar-refractivity contribution in [2.24, 2.45) is 11.8 Å². The molecule has 2 nitrogen and oxygen atoms in total. The lowest BCUT2D eigenvalue weighted by molar-refractivity contribution is 0.127. The first-order valence-corrected chi connectivity index (χ1v) is 7.08. The Balaban J connectivity index is 2.22. The number of likely N-dealkylation sites (tertiary alicyclic amines) is 1. The van der Waals surface area contributed by atoms with Crippen molar-refractivity contribution in [1.29, 1.82) is 0 Å². The molecule has 0 radical (unpaired) electrons. The Morgan fingerprint density at radius 1 is 1.31 bits per heavy atom. The molecule has 1 saturated heterocycles. The Labute approximate surface area is 102 Å². The molecule has 1 heterocycles. The van der Waals surface area contributed by atoms with E-state index in [9.17, 15) is 0 Å². The zero-order valence-electron chi connectivity index (χ0n) is 11.6. The average Bonchev–Trinajstić information content (AvgIpc) is 2.28. The van der Waals surface area contributed by atoms with Gasteiger partial charge in [0.15, 0.2) is 0 Å². The molecule has 96 valence electrons. The molecular formula is C14H30N2. The van der Waals surface area contributed by atoms with E-state index in [4.69, 9.17) is 0 Å². The molecule has 2 heteroatoms. The summed E-state index contributed by atoms with van der Waals surface area (Å²) in [6, 6.07) is 0.771. The van der Waals surface area contributed by atoms with Crippen molar-refractivity contribution in [2.75, 3.05) is 26.2 Å². The minimum Gasteiger partial charge on any atom is -0.316 e. The van der Waals surface area contributed by atoms with Crippen LogP contribution in [0.25, 0.3) is 0 Å². The van der Waals surface area contributed by atoms with Crippen LogP contribution in [0.2, 0.25) is 0 Å². The Kier molecular flexibility index (Phi) is 6.37. The summed E-state index contributed by atoms with van der Waals surface area (Å²) in [4.78, 5) is 2.67. The molecule has 0 aromatic carbocycles. The van der Waals surface area contributed by atoms with Crippen LogP contribution in [0.1, 0.15) is 47.0 Å². The number of nitrogens with zero attached hydrogens (tertiary/aromatic N) is 1. The number of hydrogen-bond acceptors (Lipinski definition) is 2. The van der Waals surface area contributed by atoms with Crippen molar-refractivity contribution in [3.05, 3.63) is 0 Å². The van der Waals surface area contributed by atoms with Crippen LogP contribution in [-0.4, -0.2) is 37.1 Å². The van der Waals surface area contributed by atoms with Gasteiger partial charge in [-0.3, -0.25) is 0 Å². The summed E-state index contributed by atoms with van der Waals surface area (Å²) in [6.07, 6.45) is 4.09. The van der Waals surface area contributed by atoms with Crippen LogP contribution in [0.5, 0.6) is 0 Å². The van der Waals surface area contributed by atoms with Gasteiger partial charge in [0.05, 0.1) is 0 Å². The maximum atomic E-state index is 3.61. The van der Waals surface area contributed by atoms with E-state index in [1.165, 1.54) is 45.4 Å². The van der Waals surface area contributed by atoms with E-state index < -0.39 is 0 Å². The molecule has 0 saturated carbocycles. The summed E-state index contributed by atoms with van der Waals surface area (Å²) < 4.78 is 0. The van der Waals surface area contributed by atoms with Crippen molar-refractivity contribution in [2.45, 2.75) is 53.0 Å². The van der Waals surface area contributed by atoms with Gasteiger partial charge in [-0.15, -0.1) is 0 Å². The van der Waals surface area contributed by atoms with Gasteiger partial charge in [-0.25, -0.2) is 0 Å². The minimum atomic E-state index is 0.771. The Morgan fingerprint density at radius 3 is 2.69 bits per heavy atom. The topological polar surface area (TPSA) is 15.3 Å². The normalized spacial score (nSPS) is 24.9. The van der Waals surface area contributed by atoms with Crippen molar-refractivity contribution in [1.82, 2.24) is 10.2 Å². The fourth-order valence-corrected chi connectivity index (χ4v) is 2.50. The maximum Gasteiger partial charge on any atom is 0.00644 e. The van der Waals surface area contributed by atoms with Gasteiger partial charge in [-0.2, -0.15) is 0 Å². The number of nitrogens with one attached hydrogen (secondary N) is 1. The molecule has 0 spiro atoms. The van der Waals surface area contributed by atoms with Gasteiger partial charge in [-0.1, -0.05) is 20.8 Å². The first-order valence-electron chi connectivity index (χ1n) is 7.08. The first kappa shape index (κ1) is 14.0. The van der Waals surface area contributed by atoms with E-state index in [2.05, 4.69) is 37.9 Å². The van der Waals surface area contributed by atoms with Gasteiger partial charge in [0, 0.05) is 12.6 Å². The summed E-state index contributed by atoms with van der Waals surface area (Å²) in [6.45, 7) is 14.2. The van der Waals surface area contributed by atoms with E-state index in [-0.39, 0.29) is 0 Å². The van der Waals surface area contributed by atoms with Crippen LogP contribution in [0.3, 0.4) is 0 Å². The van der Waals surface area contributed by atoms with E-state index in [1.54, 1.807) is 0 Å². The van der Waals surface area contributed by atoms with Crippen molar-refractivity contribution in [3.8, 4) is 0 Å². The molecule has 1 aliphatic heterocycles. The fourth-order valence-electron chi connectivity index (χ4n) is 2.50. The second-order valence-electron chi connectivity index (χ2n) is 5.81. The zero-order valence-corrected chi connectivity index (χ0v) is 11.6. The summed E-state index contributed by atoms with van der Waals surface area (Å²) in [5, 5.41) is 3.61. The van der Waals surface area contributed by atoms with Gasteiger partial charge < -0.3 is 10.2 Å². The maximum absolute atomic E-state index is 3.61. The first-order chi connectivity index (χ1) is 7.63. The van der Waals surface area contributed by atoms with Gasteiger partial charge >= 0.3 is 0 Å². The van der Waals surface area contributed by atoms with Crippen LogP contribution >= 0.6 is 0 Å². The van der Waals surface area contributed by atoms with E-state index in [0.29, 0.717) is 0 Å². The minimum absolute atomic E-state index is 0.771. The lowest BCUT2D eigenvalue weighted by Gasteiger charge is -2.36. The molecular weight excluding hydrogens is 196 g/mol. The molecule has 2 atom stereocenters. The van der Waals surface area contributed by atoms with Crippen LogP contribution in [0.15, 0.2) is 0 Å². The second kappa shape index (κ2) is 7.29. The van der Waals surface area contributed by atoms with Crippen LogP contribution in [0.4, 0.5) is 0 Å². The molecule has 1 fully saturated rings. The quantitative estimate of drug-likeness (QED) is 0.749. The second-order valence-corrected chi connectivity index (χ2v) is 5.81. The predicted molar refractivity (Wildman–Crippen MR) is 71.8 cm³/mol. The highest BCUT2D eigenvalue weighted by atomic mass is 15.2. The molecule has 0 amide bonds. The highest BCUT2D eigenvalue weighted by molar-refractivity contribution is 4.77. The molecule has 0 aromatic rings. The summed E-state index contributed by atoms with van der Waals surface area (Å²) >= 11 is 0. The number of piperidine rings is 1. The van der Waals surface area contributed by atoms with E-state index in [1.807, 2.05) is 0 Å². The Bertz CT molecular complexity index is 180. The monoisotopic (exact) mass is 226 g/mol. The molecule has 16 heavy (non-hydrogen) atoms. The van der Waals surface area contributed by atoms with E-state index in [0.717, 1.165) is 17.9 Å². The molecule has 1 aliphatic rings. The highest BCUT2D eigenvalue weighted by Gasteiger charge is 2.22. The number of hydrogen-bond donors (Lipinski definition) is 1. The van der Waals surface area contributed by atoms with Crippen molar-refractivity contribution < 1.29 is 0 Å². The lowest BCUT2D eigenvalue weighted by atomic mass is 9.96. The average molecular weight is 226 g/mol. The van der Waals surface area contributed by atoms with Gasteiger partial charge in [0.25, 0.3) is 0 Å². The molecule has 1 rings (SSSR count).